The molecule has 2 nitrogen and oxygen atoms in total. The van der Waals surface area contributed by atoms with E-state index in [1.807, 2.05) is 30.3 Å². The van der Waals surface area contributed by atoms with E-state index >= 15 is 0 Å². The Hall–Kier alpha value is -1.55. The summed E-state index contributed by atoms with van der Waals surface area (Å²) in [6, 6.07) is 13.3. The van der Waals surface area contributed by atoms with Crippen LogP contribution in [0.1, 0.15) is 24.3 Å². The molecule has 1 aliphatic carbocycles. The molecule has 0 aliphatic heterocycles. The van der Waals surface area contributed by atoms with Crippen LogP contribution in [0.4, 0.5) is 10.1 Å². The van der Waals surface area contributed by atoms with E-state index in [0.717, 1.165) is 28.8 Å². The summed E-state index contributed by atoms with van der Waals surface area (Å²) in [5.41, 5.74) is 2.32. The van der Waals surface area contributed by atoms with Crippen LogP contribution >= 0.6 is 15.9 Å². The fourth-order valence-corrected chi connectivity index (χ4v) is 3.28. The van der Waals surface area contributed by atoms with Crippen LogP contribution in [0.15, 0.2) is 46.9 Å². The molecule has 0 radical (unpaired) electrons. The molecule has 1 fully saturated rings. The molecule has 4 heteroatoms. The van der Waals surface area contributed by atoms with E-state index in [1.54, 1.807) is 7.11 Å². The fourth-order valence-electron chi connectivity index (χ4n) is 2.73. The van der Waals surface area contributed by atoms with Gasteiger partial charge in [0.1, 0.15) is 11.6 Å². The Bertz CT molecular complexity index is 623. The number of hydrogen-bond acceptors (Lipinski definition) is 2. The lowest BCUT2D eigenvalue weighted by Gasteiger charge is -2.37. The summed E-state index contributed by atoms with van der Waals surface area (Å²) in [6.07, 6.45) is 2.16. The zero-order valence-corrected chi connectivity index (χ0v) is 13.4. The average Bonchev–Trinajstić information content (AvgIpc) is 2.44. The molecule has 2 aromatic rings. The van der Waals surface area contributed by atoms with E-state index in [1.165, 1.54) is 17.7 Å². The quantitative estimate of drug-likeness (QED) is 0.842. The van der Waals surface area contributed by atoms with Crippen molar-refractivity contribution in [2.24, 2.45) is 0 Å². The van der Waals surface area contributed by atoms with Gasteiger partial charge in [0.25, 0.3) is 0 Å². The van der Waals surface area contributed by atoms with Crippen LogP contribution in [0.3, 0.4) is 0 Å². The molecule has 1 saturated carbocycles. The van der Waals surface area contributed by atoms with Crippen molar-refractivity contribution in [2.75, 3.05) is 12.4 Å². The summed E-state index contributed by atoms with van der Waals surface area (Å²) in [5.74, 6) is 1.19. The molecule has 0 bridgehead atoms. The van der Waals surface area contributed by atoms with Crippen LogP contribution < -0.4 is 10.1 Å². The van der Waals surface area contributed by atoms with E-state index in [4.69, 9.17) is 4.74 Å². The van der Waals surface area contributed by atoms with Gasteiger partial charge in [-0.15, -0.1) is 0 Å². The lowest BCUT2D eigenvalue weighted by atomic mass is 9.76. The highest BCUT2D eigenvalue weighted by Crippen LogP contribution is 2.39. The number of methoxy groups -OCH3 is 1. The Morgan fingerprint density at radius 2 is 1.86 bits per heavy atom. The van der Waals surface area contributed by atoms with E-state index < -0.39 is 0 Å². The molecule has 0 heterocycles. The summed E-state index contributed by atoms with van der Waals surface area (Å²) in [5, 5.41) is 3.52. The van der Waals surface area contributed by atoms with E-state index in [-0.39, 0.29) is 5.82 Å². The molecule has 0 saturated heterocycles. The van der Waals surface area contributed by atoms with Gasteiger partial charge in [-0.3, -0.25) is 0 Å². The topological polar surface area (TPSA) is 21.3 Å². The molecule has 2 aromatic carbocycles. The number of hydrogen-bond donors (Lipinski definition) is 1. The minimum atomic E-state index is -0.171. The molecule has 1 N–H and O–H groups in total. The van der Waals surface area contributed by atoms with Crippen LogP contribution in [0, 0.1) is 5.82 Å². The van der Waals surface area contributed by atoms with Crippen molar-refractivity contribution in [3.05, 3.63) is 58.3 Å². The Kier molecular flexibility index (Phi) is 4.15. The normalized spacial score (nSPS) is 20.7. The van der Waals surface area contributed by atoms with Crippen LogP contribution in [0.5, 0.6) is 5.75 Å². The van der Waals surface area contributed by atoms with Crippen molar-refractivity contribution in [3.63, 3.8) is 0 Å². The van der Waals surface area contributed by atoms with Gasteiger partial charge in [0, 0.05) is 11.7 Å². The Balaban J connectivity index is 1.57. The average molecular weight is 350 g/mol. The number of anilines is 1. The van der Waals surface area contributed by atoms with Gasteiger partial charge in [-0.2, -0.15) is 0 Å². The zero-order chi connectivity index (χ0) is 14.8. The Labute approximate surface area is 132 Å². The maximum absolute atomic E-state index is 12.9. The Morgan fingerprint density at radius 3 is 2.48 bits per heavy atom. The van der Waals surface area contributed by atoms with Crippen LogP contribution in [0.25, 0.3) is 0 Å². The first-order valence-corrected chi connectivity index (χ1v) is 7.80. The molecule has 0 unspecified atom stereocenters. The zero-order valence-electron chi connectivity index (χ0n) is 11.8. The predicted octanol–water partition coefficient (Wildman–Crippen LogP) is 4.95. The molecular weight excluding hydrogens is 333 g/mol. The molecule has 0 spiro atoms. The smallest absolute Gasteiger partial charge is 0.133 e. The third kappa shape index (κ3) is 3.21. The first-order chi connectivity index (χ1) is 10.2. The maximum atomic E-state index is 12.9. The highest BCUT2D eigenvalue weighted by Gasteiger charge is 2.30. The van der Waals surface area contributed by atoms with Gasteiger partial charge in [0.2, 0.25) is 0 Å². The van der Waals surface area contributed by atoms with Crippen molar-refractivity contribution < 1.29 is 9.13 Å². The molecule has 0 aromatic heterocycles. The fraction of sp³-hybridized carbons (Fsp3) is 0.294. The number of benzene rings is 2. The van der Waals surface area contributed by atoms with Crippen molar-refractivity contribution >= 4 is 21.6 Å². The lowest BCUT2D eigenvalue weighted by molar-refractivity contribution is 0.373. The largest absolute Gasteiger partial charge is 0.496 e. The van der Waals surface area contributed by atoms with Gasteiger partial charge < -0.3 is 10.1 Å². The van der Waals surface area contributed by atoms with Gasteiger partial charge in [-0.1, -0.05) is 12.1 Å². The summed E-state index contributed by atoms with van der Waals surface area (Å²) in [4.78, 5) is 0. The summed E-state index contributed by atoms with van der Waals surface area (Å²) in [7, 11) is 1.66. The van der Waals surface area contributed by atoms with E-state index in [0.29, 0.717) is 12.0 Å². The van der Waals surface area contributed by atoms with Crippen LogP contribution in [0.2, 0.25) is 0 Å². The van der Waals surface area contributed by atoms with Gasteiger partial charge in [-0.05, 0) is 70.6 Å². The van der Waals surface area contributed by atoms with Gasteiger partial charge >= 0.3 is 0 Å². The monoisotopic (exact) mass is 349 g/mol. The number of nitrogens with one attached hydrogen (secondary N) is 1. The highest BCUT2D eigenvalue weighted by atomic mass is 79.9. The standard InChI is InChI=1S/C17H17BrFNO/c1-21-17-7-6-14(10-16(17)18)20-15-8-12(9-15)11-2-4-13(19)5-3-11/h2-7,10,12,15,20H,8-9H2,1H3. The Morgan fingerprint density at radius 1 is 1.14 bits per heavy atom. The van der Waals surface area contributed by atoms with Crippen LogP contribution in [-0.2, 0) is 0 Å². The highest BCUT2D eigenvalue weighted by molar-refractivity contribution is 9.10. The first kappa shape index (κ1) is 14.4. The van der Waals surface area contributed by atoms with Crippen molar-refractivity contribution in [3.8, 4) is 5.75 Å². The summed E-state index contributed by atoms with van der Waals surface area (Å²) in [6.45, 7) is 0. The number of halogens is 2. The predicted molar refractivity (Wildman–Crippen MR) is 86.5 cm³/mol. The van der Waals surface area contributed by atoms with Crippen molar-refractivity contribution in [2.45, 2.75) is 24.8 Å². The third-order valence-corrected chi connectivity index (χ3v) is 4.62. The molecule has 0 atom stereocenters. The van der Waals surface area contributed by atoms with Crippen LogP contribution in [-0.4, -0.2) is 13.2 Å². The lowest BCUT2D eigenvalue weighted by Crippen LogP contribution is -2.33. The van der Waals surface area contributed by atoms with Crippen molar-refractivity contribution in [1.82, 2.24) is 0 Å². The molecule has 0 amide bonds. The summed E-state index contributed by atoms with van der Waals surface area (Å²) < 4.78 is 19.1. The maximum Gasteiger partial charge on any atom is 0.133 e. The second-order valence-electron chi connectivity index (χ2n) is 5.41. The molecule has 21 heavy (non-hydrogen) atoms. The first-order valence-electron chi connectivity index (χ1n) is 7.01. The van der Waals surface area contributed by atoms with Gasteiger partial charge in [0.15, 0.2) is 0 Å². The number of ether oxygens (including phenoxy) is 1. The molecule has 3 rings (SSSR count). The van der Waals surface area contributed by atoms with Gasteiger partial charge in [0.05, 0.1) is 11.6 Å². The summed E-state index contributed by atoms with van der Waals surface area (Å²) >= 11 is 3.49. The van der Waals surface area contributed by atoms with Gasteiger partial charge in [-0.25, -0.2) is 4.39 Å². The second kappa shape index (κ2) is 6.06. The minimum Gasteiger partial charge on any atom is -0.496 e. The van der Waals surface area contributed by atoms with Crippen molar-refractivity contribution in [1.29, 1.82) is 0 Å². The number of rotatable bonds is 4. The van der Waals surface area contributed by atoms with E-state index in [2.05, 4.69) is 21.2 Å². The van der Waals surface area contributed by atoms with E-state index in [9.17, 15) is 4.39 Å². The molecular formula is C17H17BrFNO. The third-order valence-electron chi connectivity index (χ3n) is 4.00. The SMILES string of the molecule is COc1ccc(NC2CC(c3ccc(F)cc3)C2)cc1Br. The minimum absolute atomic E-state index is 0.171. The molecule has 110 valence electrons. The molecule has 1 aliphatic rings. The second-order valence-corrected chi connectivity index (χ2v) is 6.26.